The zero-order valence-corrected chi connectivity index (χ0v) is 10.9. The fourth-order valence-electron chi connectivity index (χ4n) is 2.14. The molecule has 1 fully saturated rings. The standard InChI is InChI=1S/C14H23N3/c1-12-3-4-14(11-13(12)2)16-7-10-17-8-5-15-6-9-17/h3-4,11,15-16H,5-10H2,1-2H3. The molecule has 3 nitrogen and oxygen atoms in total. The lowest BCUT2D eigenvalue weighted by molar-refractivity contribution is 0.249. The molecule has 2 rings (SSSR count). The monoisotopic (exact) mass is 233 g/mol. The number of rotatable bonds is 4. The molecule has 1 aliphatic rings. The lowest BCUT2D eigenvalue weighted by Crippen LogP contribution is -2.45. The highest BCUT2D eigenvalue weighted by molar-refractivity contribution is 5.48. The number of anilines is 1. The summed E-state index contributed by atoms with van der Waals surface area (Å²) < 4.78 is 0. The van der Waals surface area contributed by atoms with Crippen LogP contribution in [0.2, 0.25) is 0 Å². The first-order valence-corrected chi connectivity index (χ1v) is 6.50. The van der Waals surface area contributed by atoms with Gasteiger partial charge in [-0.25, -0.2) is 0 Å². The Kier molecular flexibility index (Phi) is 4.40. The maximum atomic E-state index is 3.50. The summed E-state index contributed by atoms with van der Waals surface area (Å²) in [5.74, 6) is 0. The average Bonchev–Trinajstić information content (AvgIpc) is 2.35. The van der Waals surface area contributed by atoms with Crippen LogP contribution in [0.5, 0.6) is 0 Å². The highest BCUT2D eigenvalue weighted by atomic mass is 15.2. The lowest BCUT2D eigenvalue weighted by Gasteiger charge is -2.27. The largest absolute Gasteiger partial charge is 0.384 e. The van der Waals surface area contributed by atoms with Crippen LogP contribution in [0.15, 0.2) is 18.2 Å². The van der Waals surface area contributed by atoms with E-state index in [9.17, 15) is 0 Å². The predicted octanol–water partition coefficient (Wildman–Crippen LogP) is 1.62. The van der Waals surface area contributed by atoms with Crippen LogP contribution in [0.25, 0.3) is 0 Å². The summed E-state index contributed by atoms with van der Waals surface area (Å²) in [6.07, 6.45) is 0. The van der Waals surface area contributed by atoms with E-state index in [2.05, 4.69) is 47.6 Å². The van der Waals surface area contributed by atoms with E-state index >= 15 is 0 Å². The van der Waals surface area contributed by atoms with Gasteiger partial charge in [-0.3, -0.25) is 4.90 Å². The van der Waals surface area contributed by atoms with Crippen LogP contribution in [-0.2, 0) is 0 Å². The molecule has 1 aromatic carbocycles. The maximum Gasteiger partial charge on any atom is 0.0343 e. The lowest BCUT2D eigenvalue weighted by atomic mass is 10.1. The van der Waals surface area contributed by atoms with Gasteiger partial charge >= 0.3 is 0 Å². The van der Waals surface area contributed by atoms with E-state index in [1.807, 2.05) is 0 Å². The van der Waals surface area contributed by atoms with E-state index in [4.69, 9.17) is 0 Å². The number of piperazine rings is 1. The molecule has 1 aromatic rings. The normalized spacial score (nSPS) is 17.1. The molecule has 1 aliphatic heterocycles. The van der Waals surface area contributed by atoms with E-state index in [0.717, 1.165) is 26.2 Å². The van der Waals surface area contributed by atoms with Gasteiger partial charge in [-0.15, -0.1) is 0 Å². The van der Waals surface area contributed by atoms with Crippen molar-refractivity contribution in [3.8, 4) is 0 Å². The zero-order valence-electron chi connectivity index (χ0n) is 10.9. The van der Waals surface area contributed by atoms with Gasteiger partial charge in [0.05, 0.1) is 0 Å². The van der Waals surface area contributed by atoms with Gasteiger partial charge in [0.15, 0.2) is 0 Å². The zero-order chi connectivity index (χ0) is 12.1. The summed E-state index contributed by atoms with van der Waals surface area (Å²) in [5, 5.41) is 6.87. The Hall–Kier alpha value is -1.06. The van der Waals surface area contributed by atoms with Crippen LogP contribution in [0, 0.1) is 13.8 Å². The minimum atomic E-state index is 1.03. The van der Waals surface area contributed by atoms with Gasteiger partial charge in [0.2, 0.25) is 0 Å². The molecule has 1 heterocycles. The molecular weight excluding hydrogens is 210 g/mol. The minimum absolute atomic E-state index is 1.03. The minimum Gasteiger partial charge on any atom is -0.384 e. The van der Waals surface area contributed by atoms with Crippen LogP contribution >= 0.6 is 0 Å². The summed E-state index contributed by atoms with van der Waals surface area (Å²) in [6.45, 7) is 11.1. The van der Waals surface area contributed by atoms with Crippen molar-refractivity contribution in [1.82, 2.24) is 10.2 Å². The number of aryl methyl sites for hydroxylation is 2. The van der Waals surface area contributed by atoms with Crippen molar-refractivity contribution in [2.75, 3.05) is 44.6 Å². The van der Waals surface area contributed by atoms with Crippen LogP contribution in [0.4, 0.5) is 5.69 Å². The SMILES string of the molecule is Cc1ccc(NCCN2CCNCC2)cc1C. The van der Waals surface area contributed by atoms with Crippen LogP contribution in [0.3, 0.4) is 0 Å². The van der Waals surface area contributed by atoms with Gasteiger partial charge < -0.3 is 10.6 Å². The molecule has 0 atom stereocenters. The van der Waals surface area contributed by atoms with Crippen molar-refractivity contribution in [3.63, 3.8) is 0 Å². The van der Waals surface area contributed by atoms with E-state index in [1.54, 1.807) is 0 Å². The Morgan fingerprint density at radius 3 is 2.65 bits per heavy atom. The van der Waals surface area contributed by atoms with Gasteiger partial charge in [0, 0.05) is 45.0 Å². The van der Waals surface area contributed by atoms with E-state index in [0.29, 0.717) is 0 Å². The highest BCUT2D eigenvalue weighted by Crippen LogP contribution is 2.13. The van der Waals surface area contributed by atoms with Crippen molar-refractivity contribution >= 4 is 5.69 Å². The number of nitrogens with zero attached hydrogens (tertiary/aromatic N) is 1. The third-order valence-electron chi connectivity index (χ3n) is 3.47. The number of hydrogen-bond donors (Lipinski definition) is 2. The van der Waals surface area contributed by atoms with Crippen molar-refractivity contribution < 1.29 is 0 Å². The summed E-state index contributed by atoms with van der Waals surface area (Å²) >= 11 is 0. The number of hydrogen-bond acceptors (Lipinski definition) is 3. The molecule has 17 heavy (non-hydrogen) atoms. The summed E-state index contributed by atoms with van der Waals surface area (Å²) in [7, 11) is 0. The molecule has 0 saturated carbocycles. The topological polar surface area (TPSA) is 27.3 Å². The molecular formula is C14H23N3. The first kappa shape index (κ1) is 12.4. The van der Waals surface area contributed by atoms with Gasteiger partial charge in [-0.1, -0.05) is 6.07 Å². The van der Waals surface area contributed by atoms with Crippen LogP contribution in [-0.4, -0.2) is 44.2 Å². The third-order valence-corrected chi connectivity index (χ3v) is 3.47. The summed E-state index contributed by atoms with van der Waals surface area (Å²) in [5.41, 5.74) is 3.96. The van der Waals surface area contributed by atoms with E-state index in [-0.39, 0.29) is 0 Å². The Bertz CT molecular complexity index is 356. The molecule has 0 unspecified atom stereocenters. The molecule has 0 spiro atoms. The van der Waals surface area contributed by atoms with Gasteiger partial charge in [0.1, 0.15) is 0 Å². The average molecular weight is 233 g/mol. The van der Waals surface area contributed by atoms with Gasteiger partial charge in [0.25, 0.3) is 0 Å². The molecule has 0 amide bonds. The van der Waals surface area contributed by atoms with Gasteiger partial charge in [-0.05, 0) is 37.1 Å². The number of benzene rings is 1. The third kappa shape index (κ3) is 3.72. The second-order valence-electron chi connectivity index (χ2n) is 4.82. The van der Waals surface area contributed by atoms with Crippen molar-refractivity contribution in [3.05, 3.63) is 29.3 Å². The molecule has 0 aromatic heterocycles. The highest BCUT2D eigenvalue weighted by Gasteiger charge is 2.08. The first-order chi connectivity index (χ1) is 8.25. The predicted molar refractivity (Wildman–Crippen MR) is 73.7 cm³/mol. The second-order valence-corrected chi connectivity index (χ2v) is 4.82. The summed E-state index contributed by atoms with van der Waals surface area (Å²) in [6, 6.07) is 6.58. The molecule has 3 heteroatoms. The molecule has 2 N–H and O–H groups in total. The van der Waals surface area contributed by atoms with E-state index in [1.165, 1.54) is 29.9 Å². The molecule has 0 aliphatic carbocycles. The molecule has 0 bridgehead atoms. The van der Waals surface area contributed by atoms with E-state index < -0.39 is 0 Å². The first-order valence-electron chi connectivity index (χ1n) is 6.50. The van der Waals surface area contributed by atoms with Gasteiger partial charge in [-0.2, -0.15) is 0 Å². The fraction of sp³-hybridized carbons (Fsp3) is 0.571. The quantitative estimate of drug-likeness (QED) is 0.827. The summed E-state index contributed by atoms with van der Waals surface area (Å²) in [4.78, 5) is 2.50. The van der Waals surface area contributed by atoms with Crippen LogP contribution in [0.1, 0.15) is 11.1 Å². The maximum absolute atomic E-state index is 3.50. The molecule has 1 saturated heterocycles. The Labute approximate surface area is 104 Å². The van der Waals surface area contributed by atoms with Crippen molar-refractivity contribution in [2.45, 2.75) is 13.8 Å². The Balaban J connectivity index is 1.75. The van der Waals surface area contributed by atoms with Crippen LogP contribution < -0.4 is 10.6 Å². The Morgan fingerprint density at radius 1 is 1.18 bits per heavy atom. The molecule has 94 valence electrons. The Morgan fingerprint density at radius 2 is 1.94 bits per heavy atom. The smallest absolute Gasteiger partial charge is 0.0343 e. The molecule has 0 radical (unpaired) electrons. The fourth-order valence-corrected chi connectivity index (χ4v) is 2.14. The number of nitrogens with one attached hydrogen (secondary N) is 2. The van der Waals surface area contributed by atoms with Crippen molar-refractivity contribution in [2.24, 2.45) is 0 Å². The second kappa shape index (κ2) is 6.03. The van der Waals surface area contributed by atoms with Crippen molar-refractivity contribution in [1.29, 1.82) is 0 Å².